The van der Waals surface area contributed by atoms with Crippen LogP contribution in [0.3, 0.4) is 0 Å². The van der Waals surface area contributed by atoms with Gasteiger partial charge in [-0.2, -0.15) is 0 Å². The number of hydrogen-bond acceptors (Lipinski definition) is 4. The van der Waals surface area contributed by atoms with Crippen molar-refractivity contribution in [2.45, 2.75) is 32.3 Å². The van der Waals surface area contributed by atoms with E-state index in [9.17, 15) is 14.4 Å². The van der Waals surface area contributed by atoms with Crippen LogP contribution in [0.1, 0.15) is 46.9 Å². The number of nitrogens with zero attached hydrogens (tertiary/aromatic N) is 1. The Kier molecular flexibility index (Phi) is 5.22. The number of imide groups is 1. The van der Waals surface area contributed by atoms with Crippen LogP contribution in [0.2, 0.25) is 0 Å². The van der Waals surface area contributed by atoms with Gasteiger partial charge < -0.3 is 9.53 Å². The molecule has 1 aliphatic rings. The third-order valence-corrected chi connectivity index (χ3v) is 3.47. The summed E-state index contributed by atoms with van der Waals surface area (Å²) >= 11 is 0. The zero-order chi connectivity index (χ0) is 15.2. The monoisotopic (exact) mass is 289 g/mol. The number of ether oxygens (including phenoxy) is 1. The molecular formula is C16H19NO4. The number of carbonyl (C=O) groups is 3. The number of fused-ring (bicyclic) bond motifs is 1. The van der Waals surface area contributed by atoms with E-state index in [0.29, 0.717) is 17.7 Å². The molecule has 1 aliphatic heterocycles. The molecule has 0 saturated carbocycles. The van der Waals surface area contributed by atoms with Crippen molar-refractivity contribution in [3.8, 4) is 0 Å². The molecule has 0 unspecified atom stereocenters. The van der Waals surface area contributed by atoms with Crippen molar-refractivity contribution in [1.29, 1.82) is 0 Å². The average molecular weight is 289 g/mol. The van der Waals surface area contributed by atoms with Crippen LogP contribution < -0.4 is 0 Å². The Hall–Kier alpha value is -2.01. The second kappa shape index (κ2) is 7.13. The number of benzene rings is 1. The maximum Gasteiger partial charge on any atom is 0.261 e. The summed E-state index contributed by atoms with van der Waals surface area (Å²) in [7, 11) is 0. The van der Waals surface area contributed by atoms with Crippen LogP contribution in [-0.2, 0) is 9.53 Å². The van der Waals surface area contributed by atoms with Gasteiger partial charge in [-0.3, -0.25) is 14.5 Å². The van der Waals surface area contributed by atoms with Gasteiger partial charge in [-0.05, 0) is 18.6 Å². The predicted octanol–water partition coefficient (Wildman–Crippen LogP) is 2.06. The number of unbranched alkanes of at least 4 members (excludes halogenated alkanes) is 1. The molecule has 21 heavy (non-hydrogen) atoms. The van der Waals surface area contributed by atoms with Gasteiger partial charge in [0.2, 0.25) is 0 Å². The van der Waals surface area contributed by atoms with Crippen molar-refractivity contribution in [2.24, 2.45) is 0 Å². The average Bonchev–Trinajstić information content (AvgIpc) is 2.73. The van der Waals surface area contributed by atoms with E-state index in [1.54, 1.807) is 24.3 Å². The molecule has 0 aromatic heterocycles. The fourth-order valence-electron chi connectivity index (χ4n) is 2.31. The zero-order valence-electron chi connectivity index (χ0n) is 12.1. The smallest absolute Gasteiger partial charge is 0.261 e. The molecule has 1 aromatic rings. The lowest BCUT2D eigenvalue weighted by Crippen LogP contribution is -2.38. The number of carbonyl (C=O) groups excluding carboxylic acids is 3. The van der Waals surface area contributed by atoms with Gasteiger partial charge >= 0.3 is 0 Å². The van der Waals surface area contributed by atoms with Crippen molar-refractivity contribution in [3.63, 3.8) is 0 Å². The minimum absolute atomic E-state index is 0.120. The van der Waals surface area contributed by atoms with Crippen molar-refractivity contribution in [1.82, 2.24) is 4.90 Å². The Labute approximate surface area is 123 Å². The Morgan fingerprint density at radius 3 is 2.33 bits per heavy atom. The Morgan fingerprint density at radius 2 is 1.81 bits per heavy atom. The molecule has 2 amide bonds. The summed E-state index contributed by atoms with van der Waals surface area (Å²) in [6, 6.07) is 6.74. The molecule has 0 N–H and O–H groups in total. The molecule has 1 atom stereocenters. The molecule has 1 aromatic carbocycles. The molecule has 1 heterocycles. The summed E-state index contributed by atoms with van der Waals surface area (Å²) in [5.41, 5.74) is 0.835. The minimum atomic E-state index is -0.434. The minimum Gasteiger partial charge on any atom is -0.376 e. The molecule has 0 spiro atoms. The molecule has 5 heteroatoms. The highest BCUT2D eigenvalue weighted by Crippen LogP contribution is 2.23. The van der Waals surface area contributed by atoms with Gasteiger partial charge in [0.1, 0.15) is 6.29 Å². The van der Waals surface area contributed by atoms with E-state index >= 15 is 0 Å². The lowest BCUT2D eigenvalue weighted by atomic mass is 10.1. The Balaban J connectivity index is 2.06. The fourth-order valence-corrected chi connectivity index (χ4v) is 2.31. The van der Waals surface area contributed by atoms with E-state index < -0.39 is 6.10 Å². The van der Waals surface area contributed by atoms with Crippen LogP contribution in [-0.4, -0.2) is 42.3 Å². The van der Waals surface area contributed by atoms with Crippen molar-refractivity contribution >= 4 is 18.1 Å². The van der Waals surface area contributed by atoms with Gasteiger partial charge in [-0.25, -0.2) is 0 Å². The van der Waals surface area contributed by atoms with Gasteiger partial charge in [0, 0.05) is 13.0 Å². The molecule has 2 rings (SSSR count). The van der Waals surface area contributed by atoms with Crippen LogP contribution >= 0.6 is 0 Å². The zero-order valence-corrected chi connectivity index (χ0v) is 12.1. The van der Waals surface area contributed by atoms with Crippen molar-refractivity contribution in [3.05, 3.63) is 35.4 Å². The van der Waals surface area contributed by atoms with Crippen molar-refractivity contribution < 1.29 is 19.1 Å². The Morgan fingerprint density at radius 1 is 1.19 bits per heavy atom. The third-order valence-electron chi connectivity index (χ3n) is 3.47. The molecule has 0 saturated heterocycles. The topological polar surface area (TPSA) is 63.7 Å². The van der Waals surface area contributed by atoms with E-state index in [1.807, 2.05) is 6.92 Å². The van der Waals surface area contributed by atoms with E-state index in [1.165, 1.54) is 4.90 Å². The number of hydrogen-bond donors (Lipinski definition) is 0. The predicted molar refractivity (Wildman–Crippen MR) is 77.1 cm³/mol. The maximum atomic E-state index is 12.2. The largest absolute Gasteiger partial charge is 0.376 e. The van der Waals surface area contributed by atoms with Gasteiger partial charge in [-0.1, -0.05) is 25.5 Å². The van der Waals surface area contributed by atoms with Crippen LogP contribution in [0.15, 0.2) is 24.3 Å². The highest BCUT2D eigenvalue weighted by Gasteiger charge is 2.36. The normalized spacial score (nSPS) is 15.2. The van der Waals surface area contributed by atoms with E-state index in [-0.39, 0.29) is 24.8 Å². The molecule has 0 aliphatic carbocycles. The molecule has 0 radical (unpaired) electrons. The standard InChI is InChI=1S/C16H19NO4/c1-2-3-10-21-12(8-9-18)11-17-15(19)13-6-4-5-7-14(13)16(17)20/h4-7,9,12H,2-3,8,10-11H2,1H3/t12-/m0/s1. The molecule has 0 fully saturated rings. The van der Waals surface area contributed by atoms with E-state index in [0.717, 1.165) is 19.1 Å². The van der Waals surface area contributed by atoms with Gasteiger partial charge in [0.15, 0.2) is 0 Å². The highest BCUT2D eigenvalue weighted by atomic mass is 16.5. The highest BCUT2D eigenvalue weighted by molar-refractivity contribution is 6.21. The van der Waals surface area contributed by atoms with Crippen LogP contribution in [0, 0.1) is 0 Å². The maximum absolute atomic E-state index is 12.2. The quantitative estimate of drug-likeness (QED) is 0.417. The van der Waals surface area contributed by atoms with Crippen LogP contribution in [0.4, 0.5) is 0 Å². The number of aldehydes is 1. The van der Waals surface area contributed by atoms with E-state index in [4.69, 9.17) is 4.74 Å². The van der Waals surface area contributed by atoms with Crippen molar-refractivity contribution in [2.75, 3.05) is 13.2 Å². The first kappa shape index (κ1) is 15.4. The number of amides is 2. The first-order valence-electron chi connectivity index (χ1n) is 7.19. The molecular weight excluding hydrogens is 270 g/mol. The first-order valence-corrected chi connectivity index (χ1v) is 7.19. The molecule has 112 valence electrons. The van der Waals surface area contributed by atoms with Gasteiger partial charge in [0.05, 0.1) is 23.8 Å². The second-order valence-corrected chi connectivity index (χ2v) is 5.02. The van der Waals surface area contributed by atoms with Crippen LogP contribution in [0.5, 0.6) is 0 Å². The summed E-state index contributed by atoms with van der Waals surface area (Å²) < 4.78 is 5.60. The van der Waals surface area contributed by atoms with Crippen LogP contribution in [0.25, 0.3) is 0 Å². The van der Waals surface area contributed by atoms with Gasteiger partial charge in [-0.15, -0.1) is 0 Å². The fraction of sp³-hybridized carbons (Fsp3) is 0.438. The van der Waals surface area contributed by atoms with E-state index in [2.05, 4.69) is 0 Å². The summed E-state index contributed by atoms with van der Waals surface area (Å²) in [4.78, 5) is 36.4. The number of rotatable bonds is 8. The summed E-state index contributed by atoms with van der Waals surface area (Å²) in [6.45, 7) is 2.69. The second-order valence-electron chi connectivity index (χ2n) is 5.02. The summed E-state index contributed by atoms with van der Waals surface area (Å²) in [5, 5.41) is 0. The third kappa shape index (κ3) is 3.36. The lowest BCUT2D eigenvalue weighted by Gasteiger charge is -2.21. The summed E-state index contributed by atoms with van der Waals surface area (Å²) in [6.07, 6.45) is 2.38. The molecule has 5 nitrogen and oxygen atoms in total. The Bertz CT molecular complexity index is 506. The van der Waals surface area contributed by atoms with Gasteiger partial charge in [0.25, 0.3) is 11.8 Å². The lowest BCUT2D eigenvalue weighted by molar-refractivity contribution is -0.110. The SMILES string of the molecule is CCCCO[C@@H](CC=O)CN1C(=O)c2ccccc2C1=O. The first-order chi connectivity index (χ1) is 10.2. The molecule has 0 bridgehead atoms. The summed E-state index contributed by atoms with van der Waals surface area (Å²) in [5.74, 6) is -0.629.